The number of likely N-dealkylation sites (tertiary alicyclic amines) is 1. The number of morpholine rings is 1. The highest BCUT2D eigenvalue weighted by molar-refractivity contribution is 5.99. The first-order valence-corrected chi connectivity index (χ1v) is 12.4. The van der Waals surface area contributed by atoms with Gasteiger partial charge in [-0.3, -0.25) is 19.3 Å². The Morgan fingerprint density at radius 3 is 2.30 bits per heavy atom. The fourth-order valence-electron chi connectivity index (χ4n) is 5.28. The number of methoxy groups -OCH3 is 1. The second-order valence-electron chi connectivity index (χ2n) is 9.42. The number of ether oxygens (including phenoxy) is 3. The van der Waals surface area contributed by atoms with Crippen molar-refractivity contribution >= 4 is 17.7 Å². The first-order valence-electron chi connectivity index (χ1n) is 12.4. The van der Waals surface area contributed by atoms with E-state index in [2.05, 4.69) is 0 Å². The van der Waals surface area contributed by atoms with E-state index in [4.69, 9.17) is 14.2 Å². The summed E-state index contributed by atoms with van der Waals surface area (Å²) in [5.41, 5.74) is -0.227. The normalized spacial score (nSPS) is 21.2. The molecule has 10 heteroatoms. The van der Waals surface area contributed by atoms with Gasteiger partial charge in [0.05, 0.1) is 26.9 Å². The van der Waals surface area contributed by atoms with Crippen molar-refractivity contribution in [1.82, 2.24) is 14.7 Å². The minimum absolute atomic E-state index is 0.0812. The Kier molecular flexibility index (Phi) is 7.12. The van der Waals surface area contributed by atoms with Gasteiger partial charge in [0.25, 0.3) is 11.8 Å². The summed E-state index contributed by atoms with van der Waals surface area (Å²) in [5.74, 6) is -0.561. The minimum Gasteiger partial charge on any atom is -0.497 e. The fourth-order valence-corrected chi connectivity index (χ4v) is 5.28. The molecule has 0 saturated carbocycles. The lowest BCUT2D eigenvalue weighted by molar-refractivity contribution is -0.141. The molecule has 3 saturated heterocycles. The van der Waals surface area contributed by atoms with Crippen LogP contribution in [-0.4, -0.2) is 97.3 Å². The molecular formula is C27H30FN3O6. The van der Waals surface area contributed by atoms with Crippen LogP contribution in [0.5, 0.6) is 5.75 Å². The molecule has 3 aliphatic heterocycles. The number of benzene rings is 2. The Hall–Kier alpha value is -3.50. The fraction of sp³-hybridized carbons (Fsp3) is 0.444. The van der Waals surface area contributed by atoms with Crippen LogP contribution in [-0.2, 0) is 14.3 Å². The summed E-state index contributed by atoms with van der Waals surface area (Å²) in [4.78, 5) is 45.5. The molecule has 1 spiro atoms. The molecule has 196 valence electrons. The SMILES string of the molecule is COc1cccc(C(=O)N2[C@H](C(=O)N3CCOCC3)COC23CCN(C(=O)c2ccc(F)cc2)CC3)c1. The highest BCUT2D eigenvalue weighted by Gasteiger charge is 2.55. The lowest BCUT2D eigenvalue weighted by Crippen LogP contribution is -2.60. The lowest BCUT2D eigenvalue weighted by Gasteiger charge is -2.45. The molecule has 2 aromatic rings. The quantitative estimate of drug-likeness (QED) is 0.625. The van der Waals surface area contributed by atoms with E-state index in [0.717, 1.165) is 0 Å². The number of nitrogens with zero attached hydrogens (tertiary/aromatic N) is 3. The first kappa shape index (κ1) is 25.2. The molecule has 1 atom stereocenters. The predicted octanol–water partition coefficient (Wildman–Crippen LogP) is 2.17. The van der Waals surface area contributed by atoms with Gasteiger partial charge in [-0.05, 0) is 42.5 Å². The van der Waals surface area contributed by atoms with Crippen molar-refractivity contribution in [2.24, 2.45) is 0 Å². The molecule has 37 heavy (non-hydrogen) atoms. The topological polar surface area (TPSA) is 88.6 Å². The molecule has 3 aliphatic rings. The predicted molar refractivity (Wildman–Crippen MR) is 131 cm³/mol. The second-order valence-corrected chi connectivity index (χ2v) is 9.42. The molecule has 0 aliphatic carbocycles. The van der Waals surface area contributed by atoms with Crippen LogP contribution < -0.4 is 4.74 Å². The summed E-state index contributed by atoms with van der Waals surface area (Å²) in [6.07, 6.45) is 0.699. The van der Waals surface area contributed by atoms with E-state index in [0.29, 0.717) is 69.1 Å². The van der Waals surface area contributed by atoms with Crippen LogP contribution in [0.25, 0.3) is 0 Å². The average Bonchev–Trinajstić information content (AvgIpc) is 3.31. The Balaban J connectivity index is 1.40. The summed E-state index contributed by atoms with van der Waals surface area (Å²) in [7, 11) is 1.53. The van der Waals surface area contributed by atoms with Crippen molar-refractivity contribution in [3.63, 3.8) is 0 Å². The van der Waals surface area contributed by atoms with Gasteiger partial charge in [0.2, 0.25) is 5.91 Å². The van der Waals surface area contributed by atoms with Gasteiger partial charge in [0.1, 0.15) is 23.3 Å². The Morgan fingerprint density at radius 2 is 1.62 bits per heavy atom. The molecule has 0 radical (unpaired) electrons. The van der Waals surface area contributed by atoms with Crippen molar-refractivity contribution in [3.05, 3.63) is 65.5 Å². The zero-order chi connectivity index (χ0) is 26.0. The second kappa shape index (κ2) is 10.5. The van der Waals surface area contributed by atoms with E-state index in [-0.39, 0.29) is 24.3 Å². The Bertz CT molecular complexity index is 1160. The van der Waals surface area contributed by atoms with Gasteiger partial charge in [-0.1, -0.05) is 6.07 Å². The Morgan fingerprint density at radius 1 is 0.919 bits per heavy atom. The van der Waals surface area contributed by atoms with Crippen LogP contribution in [0, 0.1) is 5.82 Å². The number of rotatable bonds is 4. The number of hydrogen-bond acceptors (Lipinski definition) is 6. The molecule has 3 fully saturated rings. The monoisotopic (exact) mass is 511 g/mol. The summed E-state index contributed by atoms with van der Waals surface area (Å²) < 4.78 is 30.3. The highest BCUT2D eigenvalue weighted by atomic mass is 19.1. The van der Waals surface area contributed by atoms with Gasteiger partial charge in [0, 0.05) is 50.1 Å². The molecule has 3 amide bonds. The van der Waals surface area contributed by atoms with Crippen LogP contribution in [0.2, 0.25) is 0 Å². The number of amides is 3. The van der Waals surface area contributed by atoms with Crippen molar-refractivity contribution in [3.8, 4) is 5.75 Å². The van der Waals surface area contributed by atoms with Crippen molar-refractivity contribution < 1.29 is 33.0 Å². The molecule has 5 rings (SSSR count). The summed E-state index contributed by atoms with van der Waals surface area (Å²) in [6.45, 7) is 2.57. The molecular weight excluding hydrogens is 481 g/mol. The van der Waals surface area contributed by atoms with E-state index in [1.54, 1.807) is 39.0 Å². The van der Waals surface area contributed by atoms with Gasteiger partial charge in [0.15, 0.2) is 0 Å². The van der Waals surface area contributed by atoms with E-state index in [1.165, 1.54) is 31.4 Å². The van der Waals surface area contributed by atoms with Gasteiger partial charge in [-0.25, -0.2) is 4.39 Å². The maximum absolute atomic E-state index is 13.9. The van der Waals surface area contributed by atoms with Gasteiger partial charge in [-0.2, -0.15) is 0 Å². The van der Waals surface area contributed by atoms with Crippen LogP contribution in [0.4, 0.5) is 4.39 Å². The molecule has 9 nitrogen and oxygen atoms in total. The third-order valence-electron chi connectivity index (χ3n) is 7.33. The van der Waals surface area contributed by atoms with E-state index >= 15 is 0 Å². The molecule has 0 unspecified atom stereocenters. The smallest absolute Gasteiger partial charge is 0.257 e. The number of hydrogen-bond donors (Lipinski definition) is 0. The number of piperidine rings is 1. The van der Waals surface area contributed by atoms with Crippen LogP contribution >= 0.6 is 0 Å². The maximum atomic E-state index is 13.9. The number of halogens is 1. The van der Waals surface area contributed by atoms with Crippen LogP contribution in [0.1, 0.15) is 33.6 Å². The van der Waals surface area contributed by atoms with E-state index < -0.39 is 17.6 Å². The summed E-state index contributed by atoms with van der Waals surface area (Å²) in [6, 6.07) is 11.5. The molecule has 0 N–H and O–H groups in total. The van der Waals surface area contributed by atoms with E-state index in [1.807, 2.05) is 0 Å². The summed E-state index contributed by atoms with van der Waals surface area (Å²) in [5, 5.41) is 0. The molecule has 2 aromatic carbocycles. The highest BCUT2D eigenvalue weighted by Crippen LogP contribution is 2.39. The average molecular weight is 512 g/mol. The van der Waals surface area contributed by atoms with Gasteiger partial charge >= 0.3 is 0 Å². The standard InChI is InChI=1S/C27H30FN3O6/c1-35-22-4-2-3-20(17-22)25(33)31-23(26(34)30-13-15-36-16-14-30)18-37-27(31)9-11-29(12-10-27)24(32)19-5-7-21(28)8-6-19/h2-8,17,23H,9-16,18H2,1H3/t23-/m0/s1. The third-order valence-corrected chi connectivity index (χ3v) is 7.33. The third kappa shape index (κ3) is 4.91. The molecule has 3 heterocycles. The lowest BCUT2D eigenvalue weighted by atomic mass is 9.96. The van der Waals surface area contributed by atoms with Crippen molar-refractivity contribution in [2.75, 3.05) is 53.1 Å². The van der Waals surface area contributed by atoms with E-state index in [9.17, 15) is 18.8 Å². The summed E-state index contributed by atoms with van der Waals surface area (Å²) >= 11 is 0. The molecule has 0 bridgehead atoms. The first-order chi connectivity index (χ1) is 17.9. The number of carbonyl (C=O) groups excluding carboxylic acids is 3. The minimum atomic E-state index is -1.02. The van der Waals surface area contributed by atoms with Gasteiger partial charge < -0.3 is 24.0 Å². The van der Waals surface area contributed by atoms with Crippen molar-refractivity contribution in [2.45, 2.75) is 24.6 Å². The number of carbonyl (C=O) groups is 3. The zero-order valence-corrected chi connectivity index (χ0v) is 20.7. The van der Waals surface area contributed by atoms with Gasteiger partial charge in [-0.15, -0.1) is 0 Å². The Labute approximate surface area is 214 Å². The van der Waals surface area contributed by atoms with Crippen molar-refractivity contribution in [1.29, 1.82) is 0 Å². The largest absolute Gasteiger partial charge is 0.497 e. The van der Waals surface area contributed by atoms with Crippen LogP contribution in [0.3, 0.4) is 0 Å². The van der Waals surface area contributed by atoms with Crippen LogP contribution in [0.15, 0.2) is 48.5 Å². The maximum Gasteiger partial charge on any atom is 0.257 e. The zero-order valence-electron chi connectivity index (χ0n) is 20.7. The molecule has 0 aromatic heterocycles.